The number of hydrazine groups is 1. The van der Waals surface area contributed by atoms with Crippen LogP contribution < -0.4 is 20.9 Å². The van der Waals surface area contributed by atoms with Crippen LogP contribution in [0.1, 0.15) is 10.4 Å². The van der Waals surface area contributed by atoms with Crippen LogP contribution in [0.5, 0.6) is 5.75 Å². The van der Waals surface area contributed by atoms with Gasteiger partial charge in [0.05, 0.1) is 17.7 Å². The Labute approximate surface area is 123 Å². The number of ether oxygens (including phenoxy) is 1. The van der Waals surface area contributed by atoms with E-state index in [9.17, 15) is 9.59 Å². The van der Waals surface area contributed by atoms with Crippen LogP contribution >= 0.6 is 34.2 Å². The molecule has 0 fully saturated rings. The summed E-state index contributed by atoms with van der Waals surface area (Å²) in [5.41, 5.74) is 4.63. The van der Waals surface area contributed by atoms with Crippen LogP contribution in [0, 0.1) is 3.57 Å². The number of nitrogens with one attached hydrogen (secondary N) is 3. The molecule has 0 saturated carbocycles. The third-order valence-electron chi connectivity index (χ3n) is 2.00. The first-order chi connectivity index (χ1) is 8.49. The molecule has 3 N–H and O–H groups in total. The molecule has 1 aromatic rings. The standard InChI is InChI=1S/C10H11ClIN3O3/c1-13-10(17)15-14-9(16)5-3-6(11)7(12)4-8(5)18-2/h3-4H,1-2H3,(H,14,16)(H2,13,15,17). The molecule has 0 aliphatic heterocycles. The Bertz CT molecular complexity index is 482. The van der Waals surface area contributed by atoms with Gasteiger partial charge in [0, 0.05) is 10.6 Å². The molecule has 0 spiro atoms. The van der Waals surface area contributed by atoms with Crippen molar-refractivity contribution in [2.75, 3.05) is 14.2 Å². The van der Waals surface area contributed by atoms with E-state index in [1.807, 2.05) is 22.6 Å². The Hall–Kier alpha value is -1.22. The van der Waals surface area contributed by atoms with Crippen molar-refractivity contribution in [1.29, 1.82) is 0 Å². The van der Waals surface area contributed by atoms with Crippen molar-refractivity contribution in [2.24, 2.45) is 0 Å². The Balaban J connectivity index is 2.91. The number of carbonyl (C=O) groups excluding carboxylic acids is 2. The quantitative estimate of drug-likeness (QED) is 0.535. The minimum atomic E-state index is -0.529. The molecule has 1 rings (SSSR count). The molecule has 6 nitrogen and oxygen atoms in total. The lowest BCUT2D eigenvalue weighted by Gasteiger charge is -2.11. The van der Waals surface area contributed by atoms with Gasteiger partial charge in [-0.15, -0.1) is 0 Å². The average Bonchev–Trinajstić information content (AvgIpc) is 2.37. The molecule has 0 atom stereocenters. The molecule has 98 valence electrons. The zero-order valence-corrected chi connectivity index (χ0v) is 12.5. The number of hydrogen-bond acceptors (Lipinski definition) is 3. The third-order valence-corrected chi connectivity index (χ3v) is 3.53. The Morgan fingerprint density at radius 2 is 2.00 bits per heavy atom. The third kappa shape index (κ3) is 3.64. The normalized spacial score (nSPS) is 9.56. The highest BCUT2D eigenvalue weighted by atomic mass is 127. The van der Waals surface area contributed by atoms with Crippen LogP contribution in [0.4, 0.5) is 4.79 Å². The van der Waals surface area contributed by atoms with Gasteiger partial charge in [-0.05, 0) is 34.7 Å². The Kier molecular flexibility index (Phi) is 5.48. The fourth-order valence-electron chi connectivity index (χ4n) is 1.12. The molecule has 0 bridgehead atoms. The summed E-state index contributed by atoms with van der Waals surface area (Å²) in [6.07, 6.45) is 0. The van der Waals surface area contributed by atoms with E-state index in [4.69, 9.17) is 16.3 Å². The van der Waals surface area contributed by atoms with E-state index in [-0.39, 0.29) is 5.56 Å². The van der Waals surface area contributed by atoms with E-state index in [0.29, 0.717) is 10.8 Å². The fraction of sp³-hybridized carbons (Fsp3) is 0.200. The predicted octanol–water partition coefficient (Wildman–Crippen LogP) is 1.53. The van der Waals surface area contributed by atoms with E-state index in [1.165, 1.54) is 20.2 Å². The Morgan fingerprint density at radius 1 is 1.33 bits per heavy atom. The summed E-state index contributed by atoms with van der Waals surface area (Å²) >= 11 is 7.96. The first-order valence-electron chi connectivity index (χ1n) is 4.80. The van der Waals surface area contributed by atoms with Gasteiger partial charge in [-0.3, -0.25) is 10.2 Å². The van der Waals surface area contributed by atoms with Crippen molar-refractivity contribution < 1.29 is 14.3 Å². The Morgan fingerprint density at radius 3 is 2.56 bits per heavy atom. The topological polar surface area (TPSA) is 79.5 Å². The van der Waals surface area contributed by atoms with Gasteiger partial charge in [-0.25, -0.2) is 10.2 Å². The van der Waals surface area contributed by atoms with Crippen molar-refractivity contribution in [3.8, 4) is 5.75 Å². The van der Waals surface area contributed by atoms with Gasteiger partial charge in [0.25, 0.3) is 5.91 Å². The minimum Gasteiger partial charge on any atom is -0.496 e. The lowest BCUT2D eigenvalue weighted by Crippen LogP contribution is -2.45. The maximum Gasteiger partial charge on any atom is 0.333 e. The lowest BCUT2D eigenvalue weighted by atomic mass is 10.2. The maximum absolute atomic E-state index is 11.8. The molecule has 0 aliphatic carbocycles. The fourth-order valence-corrected chi connectivity index (χ4v) is 1.72. The number of urea groups is 1. The van der Waals surface area contributed by atoms with Gasteiger partial charge >= 0.3 is 6.03 Å². The van der Waals surface area contributed by atoms with Crippen LogP contribution in [-0.2, 0) is 0 Å². The number of benzene rings is 1. The number of methoxy groups -OCH3 is 1. The van der Waals surface area contributed by atoms with E-state index < -0.39 is 11.9 Å². The summed E-state index contributed by atoms with van der Waals surface area (Å²) in [6.45, 7) is 0. The smallest absolute Gasteiger partial charge is 0.333 e. The molecule has 0 saturated heterocycles. The predicted molar refractivity (Wildman–Crippen MR) is 75.8 cm³/mol. The van der Waals surface area contributed by atoms with Crippen LogP contribution in [0.3, 0.4) is 0 Å². The second kappa shape index (κ2) is 6.64. The van der Waals surface area contributed by atoms with Crippen molar-refractivity contribution >= 4 is 46.1 Å². The molecule has 0 aliphatic rings. The van der Waals surface area contributed by atoms with Gasteiger partial charge in [-0.2, -0.15) is 0 Å². The van der Waals surface area contributed by atoms with E-state index in [2.05, 4.69) is 16.2 Å². The SMILES string of the molecule is CNC(=O)NNC(=O)c1cc(Cl)c(I)cc1OC. The summed E-state index contributed by atoms with van der Waals surface area (Å²) in [4.78, 5) is 22.7. The molecule has 0 heterocycles. The summed E-state index contributed by atoms with van der Waals surface area (Å²) in [5, 5.41) is 2.73. The van der Waals surface area contributed by atoms with Gasteiger partial charge in [0.15, 0.2) is 0 Å². The number of hydrogen-bond donors (Lipinski definition) is 3. The summed E-state index contributed by atoms with van der Waals surface area (Å²) in [6, 6.07) is 2.58. The van der Waals surface area contributed by atoms with E-state index in [1.54, 1.807) is 6.07 Å². The largest absolute Gasteiger partial charge is 0.496 e. The highest BCUT2D eigenvalue weighted by Crippen LogP contribution is 2.27. The maximum atomic E-state index is 11.8. The monoisotopic (exact) mass is 383 g/mol. The zero-order chi connectivity index (χ0) is 13.7. The lowest BCUT2D eigenvalue weighted by molar-refractivity contribution is 0.0933. The van der Waals surface area contributed by atoms with Gasteiger partial charge < -0.3 is 10.1 Å². The molecule has 8 heteroatoms. The van der Waals surface area contributed by atoms with E-state index >= 15 is 0 Å². The number of halogens is 2. The van der Waals surface area contributed by atoms with Crippen molar-refractivity contribution in [1.82, 2.24) is 16.2 Å². The summed E-state index contributed by atoms with van der Waals surface area (Å²) in [7, 11) is 2.88. The van der Waals surface area contributed by atoms with Gasteiger partial charge in [-0.1, -0.05) is 11.6 Å². The zero-order valence-electron chi connectivity index (χ0n) is 9.64. The van der Waals surface area contributed by atoms with Crippen molar-refractivity contribution in [3.63, 3.8) is 0 Å². The molecule has 3 amide bonds. The first kappa shape index (κ1) is 14.8. The number of amides is 3. The van der Waals surface area contributed by atoms with Crippen LogP contribution in [0.25, 0.3) is 0 Å². The minimum absolute atomic E-state index is 0.235. The van der Waals surface area contributed by atoms with Crippen LogP contribution in [0.15, 0.2) is 12.1 Å². The summed E-state index contributed by atoms with van der Waals surface area (Å²) in [5.74, 6) is -0.145. The van der Waals surface area contributed by atoms with Gasteiger partial charge in [0.2, 0.25) is 0 Å². The molecular formula is C10H11ClIN3O3. The van der Waals surface area contributed by atoms with Crippen molar-refractivity contribution in [3.05, 3.63) is 26.3 Å². The average molecular weight is 384 g/mol. The van der Waals surface area contributed by atoms with Crippen LogP contribution in [-0.4, -0.2) is 26.1 Å². The van der Waals surface area contributed by atoms with Crippen LogP contribution in [0.2, 0.25) is 5.02 Å². The molecular weight excluding hydrogens is 372 g/mol. The number of carbonyl (C=O) groups is 2. The molecule has 1 aromatic carbocycles. The first-order valence-corrected chi connectivity index (χ1v) is 6.26. The molecule has 0 aromatic heterocycles. The van der Waals surface area contributed by atoms with Crippen molar-refractivity contribution in [2.45, 2.75) is 0 Å². The van der Waals surface area contributed by atoms with Gasteiger partial charge in [0.1, 0.15) is 5.75 Å². The second-order valence-electron chi connectivity index (χ2n) is 3.12. The molecule has 0 unspecified atom stereocenters. The van der Waals surface area contributed by atoms with E-state index in [0.717, 1.165) is 3.57 Å². The molecule has 0 radical (unpaired) electrons. The highest BCUT2D eigenvalue weighted by Gasteiger charge is 2.15. The molecule has 18 heavy (non-hydrogen) atoms. The highest BCUT2D eigenvalue weighted by molar-refractivity contribution is 14.1. The summed E-state index contributed by atoms with van der Waals surface area (Å²) < 4.78 is 5.85. The number of rotatable bonds is 2. The second-order valence-corrected chi connectivity index (χ2v) is 4.69.